The number of hydrogen-bond acceptors (Lipinski definition) is 4. The van der Waals surface area contributed by atoms with Crippen molar-refractivity contribution in [1.82, 2.24) is 15.3 Å². The van der Waals surface area contributed by atoms with Gasteiger partial charge in [-0.25, -0.2) is 5.48 Å². The first kappa shape index (κ1) is 14.7. The van der Waals surface area contributed by atoms with Crippen molar-refractivity contribution in [2.45, 2.75) is 33.2 Å². The van der Waals surface area contributed by atoms with Gasteiger partial charge in [-0.3, -0.25) is 14.3 Å². The highest BCUT2D eigenvalue weighted by molar-refractivity contribution is 5.91. The maximum atomic E-state index is 11.9. The summed E-state index contributed by atoms with van der Waals surface area (Å²) >= 11 is 0. The Hall–Kier alpha value is -1.40. The van der Waals surface area contributed by atoms with E-state index in [9.17, 15) is 4.79 Å². The Balaban J connectivity index is 2.66. The highest BCUT2D eigenvalue weighted by atomic mass is 16.7. The molecule has 0 unspecified atom stereocenters. The van der Waals surface area contributed by atoms with Crippen LogP contribution in [0.25, 0.3) is 0 Å². The topological polar surface area (TPSA) is 65.4 Å². The minimum atomic E-state index is -0.285. The summed E-state index contributed by atoms with van der Waals surface area (Å²) in [5.41, 5.74) is 3.80. The predicted octanol–water partition coefficient (Wildman–Crippen LogP) is 1.33. The summed E-state index contributed by atoms with van der Waals surface area (Å²) < 4.78 is 6.49. The second-order valence-corrected chi connectivity index (χ2v) is 4.20. The second kappa shape index (κ2) is 7.13. The first-order valence-electron chi connectivity index (χ1n) is 6.09. The second-order valence-electron chi connectivity index (χ2n) is 4.20. The minimum Gasteiger partial charge on any atom is -0.382 e. The Morgan fingerprint density at radius 1 is 1.50 bits per heavy atom. The van der Waals surface area contributed by atoms with Crippen LogP contribution in [0, 0.1) is 0 Å². The summed E-state index contributed by atoms with van der Waals surface area (Å²) in [5, 5.41) is 4.37. The van der Waals surface area contributed by atoms with Crippen LogP contribution in [-0.2, 0) is 16.1 Å². The molecule has 0 spiro atoms. The average Bonchev–Trinajstić information content (AvgIpc) is 2.78. The number of aryl methyl sites for hydroxylation is 1. The zero-order valence-electron chi connectivity index (χ0n) is 11.4. The number of nitrogens with zero attached hydrogens (tertiary/aromatic N) is 2. The largest absolute Gasteiger partial charge is 0.382 e. The first-order chi connectivity index (χ1) is 8.60. The lowest BCUT2D eigenvalue weighted by Crippen LogP contribution is -2.27. The van der Waals surface area contributed by atoms with Crippen LogP contribution in [-0.4, -0.2) is 36.0 Å². The van der Waals surface area contributed by atoms with Crippen LogP contribution >= 0.6 is 0 Å². The molecule has 0 atom stereocenters. The molecule has 0 aliphatic carbocycles. The van der Waals surface area contributed by atoms with Gasteiger partial charge < -0.3 is 4.74 Å². The standard InChI is InChI=1S/C12H21N3O3/c1-5-15-11(8-10(13-15)9(2)3)12(16)14-18-7-6-17-4/h8-9H,5-7H2,1-4H3,(H,14,16). The third-order valence-electron chi connectivity index (χ3n) is 2.48. The van der Waals surface area contributed by atoms with E-state index in [0.29, 0.717) is 31.4 Å². The number of carbonyl (C=O) groups excluding carboxylic acids is 1. The maximum Gasteiger partial charge on any atom is 0.293 e. The van der Waals surface area contributed by atoms with Gasteiger partial charge >= 0.3 is 0 Å². The molecule has 0 fully saturated rings. The lowest BCUT2D eigenvalue weighted by molar-refractivity contribution is 0.00826. The molecule has 1 amide bonds. The number of rotatable bonds is 7. The Bertz CT molecular complexity index is 388. The highest BCUT2D eigenvalue weighted by Crippen LogP contribution is 2.14. The molecule has 0 aromatic carbocycles. The summed E-state index contributed by atoms with van der Waals surface area (Å²) in [6.07, 6.45) is 0. The number of amides is 1. The summed E-state index contributed by atoms with van der Waals surface area (Å²) in [6.45, 7) is 7.43. The van der Waals surface area contributed by atoms with Gasteiger partial charge in [-0.15, -0.1) is 0 Å². The zero-order valence-corrected chi connectivity index (χ0v) is 11.4. The van der Waals surface area contributed by atoms with Crippen molar-refractivity contribution < 1.29 is 14.4 Å². The number of methoxy groups -OCH3 is 1. The van der Waals surface area contributed by atoms with Crippen molar-refractivity contribution in [3.05, 3.63) is 17.5 Å². The SMILES string of the molecule is CCn1nc(C(C)C)cc1C(=O)NOCCOC. The van der Waals surface area contributed by atoms with Gasteiger partial charge in [0.25, 0.3) is 5.91 Å². The van der Waals surface area contributed by atoms with E-state index in [1.54, 1.807) is 17.9 Å². The molecule has 1 heterocycles. The average molecular weight is 255 g/mol. The van der Waals surface area contributed by atoms with Gasteiger partial charge in [-0.05, 0) is 18.9 Å². The van der Waals surface area contributed by atoms with Crippen LogP contribution in [0.3, 0.4) is 0 Å². The number of hydroxylamine groups is 1. The van der Waals surface area contributed by atoms with Crippen LogP contribution < -0.4 is 5.48 Å². The molecule has 6 heteroatoms. The molecule has 1 N–H and O–H groups in total. The molecular formula is C12H21N3O3. The number of carbonyl (C=O) groups is 1. The van der Waals surface area contributed by atoms with E-state index in [1.165, 1.54) is 0 Å². The van der Waals surface area contributed by atoms with Crippen molar-refractivity contribution in [2.24, 2.45) is 0 Å². The Labute approximate surface area is 107 Å². The van der Waals surface area contributed by atoms with Crippen LogP contribution in [0.4, 0.5) is 0 Å². The minimum absolute atomic E-state index is 0.285. The Morgan fingerprint density at radius 2 is 2.22 bits per heavy atom. The molecule has 0 bridgehead atoms. The third kappa shape index (κ3) is 3.82. The number of hydrogen-bond donors (Lipinski definition) is 1. The summed E-state index contributed by atoms with van der Waals surface area (Å²) in [6, 6.07) is 1.79. The lowest BCUT2D eigenvalue weighted by atomic mass is 10.1. The predicted molar refractivity (Wildman–Crippen MR) is 67.3 cm³/mol. The van der Waals surface area contributed by atoms with Crippen molar-refractivity contribution in [1.29, 1.82) is 0 Å². The van der Waals surface area contributed by atoms with Crippen LogP contribution in [0.2, 0.25) is 0 Å². The van der Waals surface area contributed by atoms with Gasteiger partial charge in [-0.1, -0.05) is 13.8 Å². The molecule has 0 aliphatic heterocycles. The smallest absolute Gasteiger partial charge is 0.293 e. The van der Waals surface area contributed by atoms with Gasteiger partial charge in [0.1, 0.15) is 5.69 Å². The molecule has 1 aromatic rings. The number of ether oxygens (including phenoxy) is 1. The zero-order chi connectivity index (χ0) is 13.5. The van der Waals surface area contributed by atoms with E-state index in [4.69, 9.17) is 9.57 Å². The van der Waals surface area contributed by atoms with Crippen molar-refractivity contribution >= 4 is 5.91 Å². The van der Waals surface area contributed by atoms with E-state index < -0.39 is 0 Å². The van der Waals surface area contributed by atoms with Crippen molar-refractivity contribution in [3.63, 3.8) is 0 Å². The van der Waals surface area contributed by atoms with Gasteiger partial charge in [0.15, 0.2) is 0 Å². The fourth-order valence-electron chi connectivity index (χ4n) is 1.44. The van der Waals surface area contributed by atoms with Crippen LogP contribution in [0.15, 0.2) is 6.07 Å². The first-order valence-corrected chi connectivity index (χ1v) is 6.09. The van der Waals surface area contributed by atoms with E-state index in [1.807, 2.05) is 20.8 Å². The van der Waals surface area contributed by atoms with Crippen LogP contribution in [0.5, 0.6) is 0 Å². The van der Waals surface area contributed by atoms with Gasteiger partial charge in [0.2, 0.25) is 0 Å². The normalized spacial score (nSPS) is 10.9. The third-order valence-corrected chi connectivity index (χ3v) is 2.48. The van der Waals surface area contributed by atoms with Crippen molar-refractivity contribution in [3.8, 4) is 0 Å². The summed E-state index contributed by atoms with van der Waals surface area (Å²) in [7, 11) is 1.58. The van der Waals surface area contributed by atoms with E-state index in [0.717, 1.165) is 5.69 Å². The Kier molecular flexibility index (Phi) is 5.80. The lowest BCUT2D eigenvalue weighted by Gasteiger charge is -2.06. The van der Waals surface area contributed by atoms with E-state index in [-0.39, 0.29) is 5.91 Å². The molecule has 0 radical (unpaired) electrons. The highest BCUT2D eigenvalue weighted by Gasteiger charge is 2.16. The molecule has 0 saturated carbocycles. The number of aromatic nitrogens is 2. The molecule has 102 valence electrons. The molecular weight excluding hydrogens is 234 g/mol. The molecule has 0 aliphatic rings. The van der Waals surface area contributed by atoms with Gasteiger partial charge in [-0.2, -0.15) is 5.10 Å². The van der Waals surface area contributed by atoms with Gasteiger partial charge in [0, 0.05) is 13.7 Å². The van der Waals surface area contributed by atoms with E-state index in [2.05, 4.69) is 10.6 Å². The summed E-state index contributed by atoms with van der Waals surface area (Å²) in [5.74, 6) is 0.00566. The molecule has 1 rings (SSSR count). The molecule has 0 saturated heterocycles. The fraction of sp³-hybridized carbons (Fsp3) is 0.667. The quantitative estimate of drug-likeness (QED) is 0.589. The van der Waals surface area contributed by atoms with Crippen molar-refractivity contribution in [2.75, 3.05) is 20.3 Å². The fourth-order valence-corrected chi connectivity index (χ4v) is 1.44. The van der Waals surface area contributed by atoms with Crippen LogP contribution in [0.1, 0.15) is 42.9 Å². The van der Waals surface area contributed by atoms with Gasteiger partial charge in [0.05, 0.1) is 18.9 Å². The Morgan fingerprint density at radius 3 is 2.78 bits per heavy atom. The molecule has 1 aromatic heterocycles. The monoisotopic (exact) mass is 255 g/mol. The molecule has 6 nitrogen and oxygen atoms in total. The summed E-state index contributed by atoms with van der Waals surface area (Å²) in [4.78, 5) is 16.9. The number of nitrogens with one attached hydrogen (secondary N) is 1. The molecule has 18 heavy (non-hydrogen) atoms. The van der Waals surface area contributed by atoms with E-state index >= 15 is 0 Å². The maximum absolute atomic E-state index is 11.9.